The van der Waals surface area contributed by atoms with Crippen molar-refractivity contribution in [1.82, 2.24) is 19.8 Å². The Hall–Kier alpha value is -2.66. The maximum atomic E-state index is 12.2. The highest BCUT2D eigenvalue weighted by molar-refractivity contribution is 7.89. The maximum absolute atomic E-state index is 12.2. The normalized spacial score (nSPS) is 11.2. The van der Waals surface area contributed by atoms with E-state index in [2.05, 4.69) is 25.2 Å². The molecule has 11 heteroatoms. The molecule has 1 heterocycles. The van der Waals surface area contributed by atoms with Gasteiger partial charge in [-0.2, -0.15) is 15.0 Å². The largest absolute Gasteiger partial charge is 0.399 e. The summed E-state index contributed by atoms with van der Waals surface area (Å²) in [6.45, 7) is 0. The van der Waals surface area contributed by atoms with Gasteiger partial charge in [-0.05, 0) is 24.3 Å². The standard InChI is InChI=1S/C13H20N8O2S/c1-20(2)12-15-11(16-13(17-12)21(3)4)18-19-24(22,23)10-7-5-9(14)6-8-10/h5-8,19H,14H2,1-4H3,(H,15,16,17,18). The number of hydrazine groups is 1. The number of nitrogen functional groups attached to an aromatic ring is 1. The van der Waals surface area contributed by atoms with Crippen LogP contribution >= 0.6 is 0 Å². The molecule has 0 saturated heterocycles. The smallest absolute Gasteiger partial charge is 0.257 e. The van der Waals surface area contributed by atoms with E-state index in [0.29, 0.717) is 17.6 Å². The number of hydrogen-bond acceptors (Lipinski definition) is 9. The van der Waals surface area contributed by atoms with Gasteiger partial charge in [-0.3, -0.25) is 5.43 Å². The van der Waals surface area contributed by atoms with Gasteiger partial charge in [0.25, 0.3) is 10.0 Å². The molecule has 2 rings (SSSR count). The van der Waals surface area contributed by atoms with Crippen molar-refractivity contribution in [2.24, 2.45) is 0 Å². The van der Waals surface area contributed by atoms with Crippen molar-refractivity contribution < 1.29 is 8.42 Å². The molecule has 0 saturated carbocycles. The lowest BCUT2D eigenvalue weighted by Gasteiger charge is -2.16. The van der Waals surface area contributed by atoms with Gasteiger partial charge < -0.3 is 15.5 Å². The number of hydrogen-bond donors (Lipinski definition) is 3. The molecular formula is C13H20N8O2S. The third-order valence-corrected chi connectivity index (χ3v) is 4.16. The van der Waals surface area contributed by atoms with Crippen LogP contribution < -0.4 is 25.8 Å². The summed E-state index contributed by atoms with van der Waals surface area (Å²) in [5.74, 6) is 0.863. The molecule has 0 bridgehead atoms. The molecule has 0 aliphatic heterocycles. The van der Waals surface area contributed by atoms with Gasteiger partial charge >= 0.3 is 0 Å². The summed E-state index contributed by atoms with van der Waals surface area (Å²) >= 11 is 0. The minimum atomic E-state index is -3.79. The highest BCUT2D eigenvalue weighted by atomic mass is 32.2. The summed E-state index contributed by atoms with van der Waals surface area (Å²) in [5, 5.41) is 0. The van der Waals surface area contributed by atoms with Gasteiger partial charge in [0.2, 0.25) is 17.8 Å². The Labute approximate surface area is 140 Å². The number of nitrogens with one attached hydrogen (secondary N) is 2. The summed E-state index contributed by atoms with van der Waals surface area (Å²) in [6, 6.07) is 5.82. The number of anilines is 4. The number of nitrogens with zero attached hydrogens (tertiary/aromatic N) is 5. The number of rotatable bonds is 6. The second kappa shape index (κ2) is 6.84. The van der Waals surface area contributed by atoms with Gasteiger partial charge in [-0.25, -0.2) is 8.42 Å². The summed E-state index contributed by atoms with van der Waals surface area (Å²) in [5.41, 5.74) is 8.54. The molecule has 130 valence electrons. The Morgan fingerprint density at radius 1 is 0.917 bits per heavy atom. The van der Waals surface area contributed by atoms with Crippen molar-refractivity contribution in [3.8, 4) is 0 Å². The van der Waals surface area contributed by atoms with Gasteiger partial charge in [0.15, 0.2) is 0 Å². The van der Waals surface area contributed by atoms with Crippen molar-refractivity contribution >= 4 is 33.6 Å². The minimum absolute atomic E-state index is 0.0684. The lowest BCUT2D eigenvalue weighted by Crippen LogP contribution is -2.31. The molecule has 0 aliphatic rings. The minimum Gasteiger partial charge on any atom is -0.399 e. The van der Waals surface area contributed by atoms with E-state index in [4.69, 9.17) is 5.73 Å². The molecule has 0 amide bonds. The summed E-state index contributed by atoms with van der Waals surface area (Å²) in [6.07, 6.45) is 0. The summed E-state index contributed by atoms with van der Waals surface area (Å²) < 4.78 is 24.5. The van der Waals surface area contributed by atoms with Gasteiger partial charge in [-0.15, -0.1) is 4.83 Å². The SMILES string of the molecule is CN(C)c1nc(NNS(=O)(=O)c2ccc(N)cc2)nc(N(C)C)n1. The Bertz CT molecular complexity index is 779. The third-order valence-electron chi connectivity index (χ3n) is 2.90. The molecule has 0 aliphatic carbocycles. The molecule has 1 aromatic carbocycles. The predicted molar refractivity (Wildman–Crippen MR) is 93.3 cm³/mol. The first kappa shape index (κ1) is 17.7. The fourth-order valence-electron chi connectivity index (χ4n) is 1.63. The van der Waals surface area contributed by atoms with Gasteiger partial charge in [0.05, 0.1) is 4.90 Å². The molecular weight excluding hydrogens is 332 g/mol. The van der Waals surface area contributed by atoms with Crippen molar-refractivity contribution in [2.75, 3.05) is 49.1 Å². The summed E-state index contributed by atoms with van der Waals surface area (Å²) in [7, 11) is 3.31. The fourth-order valence-corrected chi connectivity index (χ4v) is 2.47. The second-order valence-corrected chi connectivity index (χ2v) is 7.03. The van der Waals surface area contributed by atoms with Crippen molar-refractivity contribution in [2.45, 2.75) is 4.90 Å². The number of benzene rings is 1. The van der Waals surface area contributed by atoms with Crippen molar-refractivity contribution in [3.63, 3.8) is 0 Å². The first-order chi connectivity index (χ1) is 11.2. The van der Waals surface area contributed by atoms with Crippen LogP contribution in [0.2, 0.25) is 0 Å². The molecule has 1 aromatic heterocycles. The number of aromatic nitrogens is 3. The Kier molecular flexibility index (Phi) is 5.04. The molecule has 0 atom stereocenters. The van der Waals surface area contributed by atoms with E-state index < -0.39 is 10.0 Å². The first-order valence-corrected chi connectivity index (χ1v) is 8.41. The first-order valence-electron chi connectivity index (χ1n) is 6.93. The lowest BCUT2D eigenvalue weighted by atomic mass is 10.3. The van der Waals surface area contributed by atoms with E-state index in [-0.39, 0.29) is 10.8 Å². The Balaban J connectivity index is 2.23. The zero-order chi connectivity index (χ0) is 17.9. The fraction of sp³-hybridized carbons (Fsp3) is 0.308. The average Bonchev–Trinajstić information content (AvgIpc) is 2.53. The van der Waals surface area contributed by atoms with Crippen LogP contribution in [0.4, 0.5) is 23.5 Å². The number of sulfonamides is 1. The van der Waals surface area contributed by atoms with E-state index >= 15 is 0 Å². The average molecular weight is 352 g/mol. The van der Waals surface area contributed by atoms with E-state index in [0.717, 1.165) is 0 Å². The zero-order valence-electron chi connectivity index (χ0n) is 13.8. The third kappa shape index (κ3) is 4.20. The van der Waals surface area contributed by atoms with E-state index in [1.807, 2.05) is 0 Å². The van der Waals surface area contributed by atoms with E-state index in [1.165, 1.54) is 24.3 Å². The molecule has 0 spiro atoms. The number of nitrogens with two attached hydrogens (primary N) is 1. The lowest BCUT2D eigenvalue weighted by molar-refractivity contribution is 0.587. The molecule has 10 nitrogen and oxygen atoms in total. The monoisotopic (exact) mass is 352 g/mol. The maximum Gasteiger partial charge on any atom is 0.257 e. The topological polar surface area (TPSA) is 129 Å². The van der Waals surface area contributed by atoms with Crippen LogP contribution in [-0.2, 0) is 10.0 Å². The van der Waals surface area contributed by atoms with Crippen LogP contribution in [-0.4, -0.2) is 51.6 Å². The van der Waals surface area contributed by atoms with Gasteiger partial charge in [-0.1, -0.05) is 0 Å². The van der Waals surface area contributed by atoms with Crippen molar-refractivity contribution in [1.29, 1.82) is 0 Å². The highest BCUT2D eigenvalue weighted by Gasteiger charge is 2.15. The van der Waals surface area contributed by atoms with Crippen LogP contribution in [0.25, 0.3) is 0 Å². The molecule has 0 fully saturated rings. The Morgan fingerprint density at radius 2 is 1.42 bits per heavy atom. The van der Waals surface area contributed by atoms with E-state index in [9.17, 15) is 8.42 Å². The zero-order valence-corrected chi connectivity index (χ0v) is 14.7. The predicted octanol–water partition coefficient (Wildman–Crippen LogP) is -0.109. The molecule has 24 heavy (non-hydrogen) atoms. The second-order valence-electron chi connectivity index (χ2n) is 5.35. The summed E-state index contributed by atoms with van der Waals surface area (Å²) in [4.78, 5) is 18.2. The van der Waals surface area contributed by atoms with Crippen LogP contribution in [0, 0.1) is 0 Å². The molecule has 4 N–H and O–H groups in total. The van der Waals surface area contributed by atoms with Crippen LogP contribution in [0.15, 0.2) is 29.2 Å². The van der Waals surface area contributed by atoms with Crippen LogP contribution in [0.1, 0.15) is 0 Å². The van der Waals surface area contributed by atoms with Crippen molar-refractivity contribution in [3.05, 3.63) is 24.3 Å². The van der Waals surface area contributed by atoms with E-state index in [1.54, 1.807) is 38.0 Å². The van der Waals surface area contributed by atoms with Crippen LogP contribution in [0.3, 0.4) is 0 Å². The van der Waals surface area contributed by atoms with Gasteiger partial charge in [0.1, 0.15) is 0 Å². The quantitative estimate of drug-likeness (QED) is 0.481. The molecule has 0 unspecified atom stereocenters. The van der Waals surface area contributed by atoms with Crippen LogP contribution in [0.5, 0.6) is 0 Å². The molecule has 0 radical (unpaired) electrons. The Morgan fingerprint density at radius 3 is 1.88 bits per heavy atom. The molecule has 2 aromatic rings. The highest BCUT2D eigenvalue weighted by Crippen LogP contribution is 2.14. The van der Waals surface area contributed by atoms with Gasteiger partial charge in [0, 0.05) is 33.9 Å².